The van der Waals surface area contributed by atoms with Crippen LogP contribution in [0.5, 0.6) is 0 Å². The van der Waals surface area contributed by atoms with Gasteiger partial charge in [0.15, 0.2) is 0 Å². The molecule has 1 aliphatic carbocycles. The molecule has 0 N–H and O–H groups in total. The van der Waals surface area contributed by atoms with Gasteiger partial charge in [-0.15, -0.1) is 0 Å². The topological polar surface area (TPSA) is 37.6 Å². The average Bonchev–Trinajstić information content (AvgIpc) is 2.53. The van der Waals surface area contributed by atoms with Gasteiger partial charge in [-0.2, -0.15) is 0 Å². The van der Waals surface area contributed by atoms with Gasteiger partial charge in [-0.05, 0) is 36.5 Å². The molecule has 1 saturated carbocycles. The second-order valence-electron chi connectivity index (χ2n) is 7.25. The summed E-state index contributed by atoms with van der Waals surface area (Å²) in [6.07, 6.45) is 4.27. The van der Waals surface area contributed by atoms with E-state index in [1.165, 1.54) is 18.4 Å². The van der Waals surface area contributed by atoms with Crippen molar-refractivity contribution in [2.75, 3.05) is 18.0 Å². The van der Waals surface area contributed by atoms with E-state index in [1.807, 2.05) is 18.2 Å². The Hall–Kier alpha value is -2.62. The van der Waals surface area contributed by atoms with Crippen molar-refractivity contribution >= 4 is 11.5 Å². The lowest BCUT2D eigenvalue weighted by Gasteiger charge is -2.59. The Morgan fingerprint density at radius 2 is 1.75 bits per heavy atom. The number of fused-ring (bicyclic) bond motifs is 1. The van der Waals surface area contributed by atoms with Crippen LogP contribution in [-0.2, 0) is 0 Å². The van der Waals surface area contributed by atoms with E-state index in [0.717, 1.165) is 24.6 Å². The third-order valence-corrected chi connectivity index (χ3v) is 5.56. The van der Waals surface area contributed by atoms with Gasteiger partial charge >= 0.3 is 0 Å². The molecule has 1 aromatic carbocycles. The van der Waals surface area contributed by atoms with Crippen LogP contribution < -0.4 is 10.5 Å². The molecule has 4 heteroatoms. The largest absolute Gasteiger partial charge is 0.355 e. The van der Waals surface area contributed by atoms with Crippen molar-refractivity contribution in [2.24, 2.45) is 5.41 Å². The van der Waals surface area contributed by atoms with Gasteiger partial charge in [0.25, 0.3) is 5.56 Å². The van der Waals surface area contributed by atoms with Crippen molar-refractivity contribution in [3.8, 4) is 0 Å². The molecule has 1 aliphatic heterocycles. The second-order valence-corrected chi connectivity index (χ2v) is 7.25. The highest BCUT2D eigenvalue weighted by Crippen LogP contribution is 2.56. The lowest BCUT2D eigenvalue weighted by Crippen LogP contribution is -2.62. The summed E-state index contributed by atoms with van der Waals surface area (Å²) in [5.74, 6) is 1.52. The number of hydrogen-bond donors (Lipinski definition) is 0. The standard InChI is InChI=1S/C20H19N3O/c24-19-10-18(21-17-8-4-5-9-23(17)19)22-13-20(14-22)11-16(12-20)15-6-2-1-3-7-15/h1-10,16H,11-14H2. The Bertz CT molecular complexity index is 949. The van der Waals surface area contributed by atoms with Crippen LogP contribution >= 0.6 is 0 Å². The predicted octanol–water partition coefficient (Wildman–Crippen LogP) is 3.08. The Labute approximate surface area is 140 Å². The number of anilines is 1. The fourth-order valence-corrected chi connectivity index (χ4v) is 4.33. The maximum Gasteiger partial charge on any atom is 0.259 e. The zero-order chi connectivity index (χ0) is 16.1. The van der Waals surface area contributed by atoms with Crippen molar-refractivity contribution in [2.45, 2.75) is 18.8 Å². The first-order valence-electron chi connectivity index (χ1n) is 8.51. The quantitative estimate of drug-likeness (QED) is 0.729. The molecular weight excluding hydrogens is 298 g/mol. The molecule has 0 amide bonds. The summed E-state index contributed by atoms with van der Waals surface area (Å²) in [5.41, 5.74) is 2.61. The van der Waals surface area contributed by atoms with Gasteiger partial charge < -0.3 is 4.90 Å². The van der Waals surface area contributed by atoms with E-state index in [2.05, 4.69) is 40.2 Å². The summed E-state index contributed by atoms with van der Waals surface area (Å²) in [6.45, 7) is 2.04. The number of rotatable bonds is 2. The molecule has 120 valence electrons. The highest BCUT2D eigenvalue weighted by molar-refractivity contribution is 5.51. The van der Waals surface area contributed by atoms with E-state index in [0.29, 0.717) is 11.3 Å². The van der Waals surface area contributed by atoms with Gasteiger partial charge in [0.05, 0.1) is 0 Å². The Morgan fingerprint density at radius 3 is 2.54 bits per heavy atom. The highest BCUT2D eigenvalue weighted by Gasteiger charge is 2.52. The van der Waals surface area contributed by atoms with Crippen LogP contribution in [0.4, 0.5) is 5.82 Å². The smallest absolute Gasteiger partial charge is 0.259 e. The lowest BCUT2D eigenvalue weighted by atomic mass is 9.56. The van der Waals surface area contributed by atoms with Gasteiger partial charge in [0.1, 0.15) is 11.5 Å². The minimum atomic E-state index is -0.00711. The van der Waals surface area contributed by atoms with E-state index in [4.69, 9.17) is 0 Å². The van der Waals surface area contributed by atoms with Crippen LogP contribution in [0.25, 0.3) is 5.65 Å². The fraction of sp³-hybridized carbons (Fsp3) is 0.300. The van der Waals surface area contributed by atoms with E-state index in [1.54, 1.807) is 16.7 Å². The van der Waals surface area contributed by atoms with Gasteiger partial charge in [-0.25, -0.2) is 4.98 Å². The summed E-state index contributed by atoms with van der Waals surface area (Å²) in [5, 5.41) is 0. The molecular formula is C20H19N3O. The highest BCUT2D eigenvalue weighted by atomic mass is 16.1. The van der Waals surface area contributed by atoms with Crippen LogP contribution in [0.15, 0.2) is 65.6 Å². The normalized spacial score (nSPS) is 19.2. The number of benzene rings is 1. The van der Waals surface area contributed by atoms with E-state index >= 15 is 0 Å². The first kappa shape index (κ1) is 13.8. The molecule has 24 heavy (non-hydrogen) atoms. The Kier molecular flexibility index (Phi) is 2.84. The summed E-state index contributed by atoms with van der Waals surface area (Å²) >= 11 is 0. The summed E-state index contributed by atoms with van der Waals surface area (Å²) in [6, 6.07) is 18.1. The van der Waals surface area contributed by atoms with Crippen molar-refractivity contribution in [1.29, 1.82) is 0 Å². The molecule has 0 radical (unpaired) electrons. The Balaban J connectivity index is 1.32. The zero-order valence-corrected chi connectivity index (χ0v) is 13.4. The number of pyridine rings is 1. The molecule has 5 rings (SSSR count). The average molecular weight is 317 g/mol. The molecule has 2 aromatic heterocycles. The first-order valence-corrected chi connectivity index (χ1v) is 8.51. The molecule has 1 spiro atoms. The minimum Gasteiger partial charge on any atom is -0.355 e. The molecule has 1 saturated heterocycles. The first-order chi connectivity index (χ1) is 11.7. The summed E-state index contributed by atoms with van der Waals surface area (Å²) in [4.78, 5) is 19.1. The van der Waals surface area contributed by atoms with Gasteiger partial charge in [-0.3, -0.25) is 9.20 Å². The third kappa shape index (κ3) is 2.06. The third-order valence-electron chi connectivity index (χ3n) is 5.56. The van der Waals surface area contributed by atoms with Crippen LogP contribution in [0.1, 0.15) is 24.3 Å². The zero-order valence-electron chi connectivity index (χ0n) is 13.4. The van der Waals surface area contributed by atoms with Crippen molar-refractivity contribution < 1.29 is 0 Å². The van der Waals surface area contributed by atoms with Crippen LogP contribution in [0, 0.1) is 5.41 Å². The van der Waals surface area contributed by atoms with Crippen LogP contribution in [0.2, 0.25) is 0 Å². The van der Waals surface area contributed by atoms with Gasteiger partial charge in [-0.1, -0.05) is 36.4 Å². The van der Waals surface area contributed by atoms with Crippen LogP contribution in [-0.4, -0.2) is 22.5 Å². The number of aromatic nitrogens is 2. The number of nitrogens with zero attached hydrogens (tertiary/aromatic N) is 3. The maximum absolute atomic E-state index is 12.2. The molecule has 0 bridgehead atoms. The molecule has 0 atom stereocenters. The minimum absolute atomic E-state index is 0.00711. The molecule has 4 nitrogen and oxygen atoms in total. The fourth-order valence-electron chi connectivity index (χ4n) is 4.33. The predicted molar refractivity (Wildman–Crippen MR) is 94.5 cm³/mol. The SMILES string of the molecule is O=c1cc(N2CC3(CC(c4ccccc4)C3)C2)nc2ccccn12. The molecule has 3 aromatic rings. The molecule has 0 unspecified atom stereocenters. The molecule has 2 aliphatic rings. The van der Waals surface area contributed by atoms with Crippen molar-refractivity contribution in [1.82, 2.24) is 9.38 Å². The lowest BCUT2D eigenvalue weighted by molar-refractivity contribution is 0.0627. The van der Waals surface area contributed by atoms with Gasteiger partial charge in [0, 0.05) is 30.8 Å². The van der Waals surface area contributed by atoms with E-state index in [-0.39, 0.29) is 5.56 Å². The van der Waals surface area contributed by atoms with E-state index in [9.17, 15) is 4.79 Å². The monoisotopic (exact) mass is 317 g/mol. The van der Waals surface area contributed by atoms with Crippen molar-refractivity contribution in [3.05, 3.63) is 76.7 Å². The van der Waals surface area contributed by atoms with Crippen LogP contribution in [0.3, 0.4) is 0 Å². The molecule has 3 heterocycles. The maximum atomic E-state index is 12.2. The second kappa shape index (κ2) is 4.94. The Morgan fingerprint density at radius 1 is 1.00 bits per heavy atom. The summed E-state index contributed by atoms with van der Waals surface area (Å²) in [7, 11) is 0. The van der Waals surface area contributed by atoms with Gasteiger partial charge in [0.2, 0.25) is 0 Å². The van der Waals surface area contributed by atoms with Crippen molar-refractivity contribution in [3.63, 3.8) is 0 Å². The number of hydrogen-bond acceptors (Lipinski definition) is 3. The summed E-state index contributed by atoms with van der Waals surface area (Å²) < 4.78 is 1.59. The van der Waals surface area contributed by atoms with E-state index < -0.39 is 0 Å². The molecule has 2 fully saturated rings.